The number of aromatic nitrogens is 1. The summed E-state index contributed by atoms with van der Waals surface area (Å²) in [5, 5.41) is 6.20. The van der Waals surface area contributed by atoms with Gasteiger partial charge in [-0.15, -0.1) is 24.5 Å². The molecule has 1 aromatic heterocycles. The Kier molecular flexibility index (Phi) is 5.17. The summed E-state index contributed by atoms with van der Waals surface area (Å²) in [6.07, 6.45) is -3.72. The second kappa shape index (κ2) is 7.52. The van der Waals surface area contributed by atoms with Crippen LogP contribution >= 0.6 is 11.3 Å². The third-order valence-electron chi connectivity index (χ3n) is 3.14. The normalized spacial score (nSPS) is 11.7. The monoisotopic (exact) mass is 381 g/mol. The van der Waals surface area contributed by atoms with Crippen molar-refractivity contribution in [3.8, 4) is 17.0 Å². The number of ether oxygens (including phenoxy) is 1. The molecule has 134 valence electrons. The van der Waals surface area contributed by atoms with Crippen LogP contribution in [0.25, 0.3) is 11.3 Å². The highest BCUT2D eigenvalue weighted by Gasteiger charge is 2.31. The number of nitrogens with one attached hydrogen (secondary N) is 1. The predicted molar refractivity (Wildman–Crippen MR) is 91.8 cm³/mol. The van der Waals surface area contributed by atoms with Gasteiger partial charge in [-0.2, -0.15) is 5.10 Å². The summed E-state index contributed by atoms with van der Waals surface area (Å²) in [7, 11) is 0. The van der Waals surface area contributed by atoms with Gasteiger partial charge in [-0.3, -0.25) is 5.43 Å². The molecule has 0 aliphatic carbocycles. The minimum atomic E-state index is -4.87. The first-order valence-electron chi connectivity index (χ1n) is 7.26. The van der Waals surface area contributed by atoms with Crippen LogP contribution in [0.3, 0.4) is 0 Å². The molecule has 26 heavy (non-hydrogen) atoms. The molecular weight excluding hydrogens is 370 g/mol. The second-order valence-electron chi connectivity index (χ2n) is 5.01. The molecule has 0 atom stereocenters. The number of rotatable bonds is 5. The molecule has 1 N–H and O–H groups in total. The zero-order valence-corrected chi connectivity index (χ0v) is 13.8. The summed E-state index contributed by atoms with van der Waals surface area (Å²) >= 11 is 1.32. The molecule has 4 nitrogen and oxygen atoms in total. The highest BCUT2D eigenvalue weighted by molar-refractivity contribution is 7.14. The van der Waals surface area contributed by atoms with Crippen LogP contribution in [-0.4, -0.2) is 17.6 Å². The van der Waals surface area contributed by atoms with Crippen LogP contribution < -0.4 is 10.2 Å². The van der Waals surface area contributed by atoms with Gasteiger partial charge in [0.2, 0.25) is 5.13 Å². The largest absolute Gasteiger partial charge is 0.573 e. The lowest BCUT2D eigenvalue weighted by molar-refractivity contribution is -0.274. The fraction of sp³-hybridized carbons (Fsp3) is 0.0588. The maximum Gasteiger partial charge on any atom is 0.573 e. The molecule has 0 fully saturated rings. The van der Waals surface area contributed by atoms with E-state index in [9.17, 15) is 17.6 Å². The van der Waals surface area contributed by atoms with Gasteiger partial charge in [-0.1, -0.05) is 30.3 Å². The minimum Gasteiger partial charge on any atom is -0.406 e. The number of thiazole rings is 1. The number of hydrazone groups is 1. The van der Waals surface area contributed by atoms with Gasteiger partial charge in [0.05, 0.1) is 11.9 Å². The van der Waals surface area contributed by atoms with E-state index in [-0.39, 0.29) is 5.56 Å². The van der Waals surface area contributed by atoms with Crippen LogP contribution in [-0.2, 0) is 0 Å². The highest BCUT2D eigenvalue weighted by atomic mass is 32.1. The standard InChI is InChI=1S/C17H11F4N3OS/c18-14-8-13(25-17(19,20)21)7-6-12(14)9-22-24-16-23-15(10-26-16)11-4-2-1-3-5-11/h1-10H,(H,23,24). The first kappa shape index (κ1) is 17.9. The molecule has 0 unspecified atom stereocenters. The Morgan fingerprint density at radius 3 is 2.58 bits per heavy atom. The fourth-order valence-electron chi connectivity index (χ4n) is 2.03. The Hall–Kier alpha value is -2.94. The van der Waals surface area contributed by atoms with E-state index in [1.54, 1.807) is 0 Å². The number of hydrogen-bond acceptors (Lipinski definition) is 5. The lowest BCUT2D eigenvalue weighted by Crippen LogP contribution is -2.17. The molecule has 0 aliphatic rings. The van der Waals surface area contributed by atoms with Crippen molar-refractivity contribution in [2.75, 3.05) is 5.43 Å². The van der Waals surface area contributed by atoms with Gasteiger partial charge in [-0.25, -0.2) is 9.37 Å². The Morgan fingerprint density at radius 2 is 1.88 bits per heavy atom. The summed E-state index contributed by atoms with van der Waals surface area (Å²) in [5.41, 5.74) is 4.39. The zero-order chi connectivity index (χ0) is 18.6. The van der Waals surface area contributed by atoms with Crippen LogP contribution in [0, 0.1) is 5.82 Å². The van der Waals surface area contributed by atoms with Crippen LogP contribution in [0.2, 0.25) is 0 Å². The van der Waals surface area contributed by atoms with Gasteiger partial charge in [0.25, 0.3) is 0 Å². The van der Waals surface area contributed by atoms with Crippen molar-refractivity contribution in [1.29, 1.82) is 0 Å². The van der Waals surface area contributed by atoms with Crippen LogP contribution in [0.1, 0.15) is 5.56 Å². The van der Waals surface area contributed by atoms with Crippen molar-refractivity contribution in [2.45, 2.75) is 6.36 Å². The number of hydrogen-bond donors (Lipinski definition) is 1. The molecule has 3 aromatic rings. The highest BCUT2D eigenvalue weighted by Crippen LogP contribution is 2.25. The average molecular weight is 381 g/mol. The average Bonchev–Trinajstić information content (AvgIpc) is 3.05. The summed E-state index contributed by atoms with van der Waals surface area (Å²) in [6.45, 7) is 0. The van der Waals surface area contributed by atoms with E-state index in [0.29, 0.717) is 11.2 Å². The third kappa shape index (κ3) is 4.79. The molecule has 2 aromatic carbocycles. The van der Waals surface area contributed by atoms with Crippen molar-refractivity contribution < 1.29 is 22.3 Å². The molecule has 0 saturated heterocycles. The minimum absolute atomic E-state index is 0.00636. The molecule has 0 bridgehead atoms. The van der Waals surface area contributed by atoms with Gasteiger partial charge in [0.1, 0.15) is 11.6 Å². The van der Waals surface area contributed by atoms with Crippen molar-refractivity contribution in [1.82, 2.24) is 4.98 Å². The lowest BCUT2D eigenvalue weighted by Gasteiger charge is -2.08. The van der Waals surface area contributed by atoms with Crippen molar-refractivity contribution in [3.63, 3.8) is 0 Å². The van der Waals surface area contributed by atoms with Crippen LogP contribution in [0.5, 0.6) is 5.75 Å². The molecule has 9 heteroatoms. The molecule has 0 saturated carbocycles. The number of benzene rings is 2. The molecule has 0 spiro atoms. The summed E-state index contributed by atoms with van der Waals surface area (Å²) in [4.78, 5) is 4.34. The lowest BCUT2D eigenvalue weighted by atomic mass is 10.2. The first-order chi connectivity index (χ1) is 12.4. The van der Waals surface area contributed by atoms with E-state index in [4.69, 9.17) is 0 Å². The summed E-state index contributed by atoms with van der Waals surface area (Å²) in [5.74, 6) is -1.52. The fourth-order valence-corrected chi connectivity index (χ4v) is 2.70. The van der Waals surface area contributed by atoms with Gasteiger partial charge >= 0.3 is 6.36 Å². The van der Waals surface area contributed by atoms with E-state index >= 15 is 0 Å². The SMILES string of the molecule is Fc1cc(OC(F)(F)F)ccc1C=NNc1nc(-c2ccccc2)cs1. The van der Waals surface area contributed by atoms with E-state index in [0.717, 1.165) is 29.6 Å². The van der Waals surface area contributed by atoms with Gasteiger partial charge in [0, 0.05) is 22.6 Å². The number of halogens is 4. The van der Waals surface area contributed by atoms with E-state index < -0.39 is 17.9 Å². The van der Waals surface area contributed by atoms with Gasteiger partial charge in [0.15, 0.2) is 0 Å². The van der Waals surface area contributed by atoms with Gasteiger partial charge in [-0.05, 0) is 12.1 Å². The topological polar surface area (TPSA) is 46.5 Å². The third-order valence-corrected chi connectivity index (χ3v) is 3.89. The predicted octanol–water partition coefficient (Wildman–Crippen LogP) is 5.29. The molecule has 0 radical (unpaired) electrons. The van der Waals surface area contributed by atoms with Crippen molar-refractivity contribution in [2.24, 2.45) is 5.10 Å². The Labute approximate surface area is 149 Å². The Morgan fingerprint density at radius 1 is 1.12 bits per heavy atom. The number of alkyl halides is 3. The quantitative estimate of drug-likeness (QED) is 0.371. The Balaban J connectivity index is 1.65. The number of nitrogens with zero attached hydrogens (tertiary/aromatic N) is 2. The van der Waals surface area contributed by atoms with Crippen molar-refractivity contribution in [3.05, 3.63) is 65.3 Å². The Bertz CT molecular complexity index is 910. The number of anilines is 1. The molecular formula is C17H11F4N3OS. The maximum atomic E-state index is 13.8. The zero-order valence-electron chi connectivity index (χ0n) is 13.0. The molecule has 1 heterocycles. The van der Waals surface area contributed by atoms with E-state index in [1.807, 2.05) is 35.7 Å². The summed E-state index contributed by atoms with van der Waals surface area (Å²) in [6, 6.07) is 12.3. The second-order valence-corrected chi connectivity index (χ2v) is 5.86. The first-order valence-corrected chi connectivity index (χ1v) is 8.14. The summed E-state index contributed by atoms with van der Waals surface area (Å²) < 4.78 is 53.8. The molecule has 0 aliphatic heterocycles. The van der Waals surface area contributed by atoms with Crippen molar-refractivity contribution >= 4 is 22.7 Å². The molecule has 0 amide bonds. The maximum absolute atomic E-state index is 13.8. The van der Waals surface area contributed by atoms with Crippen LogP contribution in [0.4, 0.5) is 22.7 Å². The van der Waals surface area contributed by atoms with E-state index in [1.165, 1.54) is 11.3 Å². The van der Waals surface area contributed by atoms with E-state index in [2.05, 4.69) is 20.2 Å². The smallest absolute Gasteiger partial charge is 0.406 e. The van der Waals surface area contributed by atoms with Crippen LogP contribution in [0.15, 0.2) is 59.0 Å². The van der Waals surface area contributed by atoms with Gasteiger partial charge < -0.3 is 4.74 Å². The molecule has 3 rings (SSSR count).